The van der Waals surface area contributed by atoms with E-state index in [-0.39, 0.29) is 55.8 Å². The highest BCUT2D eigenvalue weighted by molar-refractivity contribution is 5.96. The molecule has 5 atom stereocenters. The van der Waals surface area contributed by atoms with Crippen molar-refractivity contribution in [1.29, 1.82) is 0 Å². The molecule has 8 rings (SSSR count). The van der Waals surface area contributed by atoms with Gasteiger partial charge in [0.1, 0.15) is 29.9 Å². The predicted octanol–water partition coefficient (Wildman–Crippen LogP) is 5.00. The quantitative estimate of drug-likeness (QED) is 0.118. The molecule has 15 nitrogen and oxygen atoms in total. The second-order valence-corrected chi connectivity index (χ2v) is 20.0. The van der Waals surface area contributed by atoms with Gasteiger partial charge in [0, 0.05) is 73.9 Å². The number of aromatic hydroxyl groups is 1. The minimum Gasteiger partial charge on any atom is -0.508 e. The van der Waals surface area contributed by atoms with E-state index in [4.69, 9.17) is 4.74 Å². The Morgan fingerprint density at radius 2 is 1.80 bits per heavy atom. The van der Waals surface area contributed by atoms with Crippen molar-refractivity contribution in [3.8, 4) is 28.1 Å². The van der Waals surface area contributed by atoms with E-state index in [1.165, 1.54) is 20.4 Å². The van der Waals surface area contributed by atoms with Crippen LogP contribution in [0.1, 0.15) is 83.9 Å². The minimum atomic E-state index is -1.16. The summed E-state index contributed by atoms with van der Waals surface area (Å²) in [5.41, 5.74) is 10.3. The Labute approximate surface area is 387 Å². The number of amides is 4. The molecule has 0 radical (unpaired) electrons. The van der Waals surface area contributed by atoms with Gasteiger partial charge in [-0.05, 0) is 115 Å². The number of phenolic OH excluding ortho intramolecular Hbond substituents is 1. The zero-order chi connectivity index (χ0) is 47.2. The molecule has 4 amide bonds. The SMILES string of the molecule is CCc1ccncc1-c1c2c3cc(ccc3n1CC)-c1cc(O)cc(c1)C[C@H](NC(=O)[C@H](C(C)C)N(C)C(=O)CN(C)C(=O)[C@@H]1N[C@H]1C1CC1)C(=O)N1CCC[C@H](N1)C(=O)OCC(C)(C)C2. The van der Waals surface area contributed by atoms with Crippen molar-refractivity contribution in [3.63, 3.8) is 0 Å². The number of hydrazine groups is 1. The number of esters is 1. The van der Waals surface area contributed by atoms with Gasteiger partial charge in [0.25, 0.3) is 5.91 Å². The Bertz CT molecular complexity index is 2530. The molecule has 1 saturated carbocycles. The van der Waals surface area contributed by atoms with Crippen molar-refractivity contribution in [2.45, 2.75) is 123 Å². The molecule has 352 valence electrons. The maximum Gasteiger partial charge on any atom is 0.324 e. The number of carbonyl (C=O) groups excluding carboxylic acids is 5. The van der Waals surface area contributed by atoms with Gasteiger partial charge in [0.05, 0.1) is 18.8 Å². The van der Waals surface area contributed by atoms with Crippen LogP contribution in [0, 0.1) is 17.3 Å². The number of ether oxygens (including phenoxy) is 1. The summed E-state index contributed by atoms with van der Waals surface area (Å²) in [4.78, 5) is 77.3. The van der Waals surface area contributed by atoms with Gasteiger partial charge in [-0.1, -0.05) is 46.8 Å². The fourth-order valence-electron chi connectivity index (χ4n) is 10.2. The van der Waals surface area contributed by atoms with Crippen LogP contribution >= 0.6 is 0 Å². The normalized spacial score (nSPS) is 22.3. The lowest BCUT2D eigenvalue weighted by atomic mass is 9.84. The summed E-state index contributed by atoms with van der Waals surface area (Å²) in [7, 11) is 3.14. The van der Waals surface area contributed by atoms with Crippen LogP contribution in [-0.4, -0.2) is 123 Å². The summed E-state index contributed by atoms with van der Waals surface area (Å²) in [5.74, 6) is -1.89. The molecule has 6 bridgehead atoms. The van der Waals surface area contributed by atoms with Crippen molar-refractivity contribution in [2.24, 2.45) is 17.3 Å². The number of fused-ring (bicyclic) bond motifs is 6. The first-order valence-corrected chi connectivity index (χ1v) is 23.7. The lowest BCUT2D eigenvalue weighted by Gasteiger charge is -2.37. The van der Waals surface area contributed by atoms with Gasteiger partial charge in [-0.2, -0.15) is 0 Å². The number of likely N-dealkylation sites (N-methyl/N-ethyl adjacent to an activating group) is 2. The summed E-state index contributed by atoms with van der Waals surface area (Å²) in [6, 6.07) is 10.5. The Hall–Kier alpha value is -5.80. The molecule has 2 saturated heterocycles. The van der Waals surface area contributed by atoms with Gasteiger partial charge < -0.3 is 29.5 Å². The number of rotatable bonds is 11. The van der Waals surface area contributed by atoms with Gasteiger partial charge in [-0.15, -0.1) is 0 Å². The van der Waals surface area contributed by atoms with Crippen LogP contribution in [-0.2, 0) is 54.5 Å². The molecule has 0 spiro atoms. The summed E-state index contributed by atoms with van der Waals surface area (Å²) in [5, 5.41) is 20.0. The second-order valence-electron chi connectivity index (χ2n) is 20.0. The average Bonchev–Trinajstić information content (AvgIpc) is 4.24. The fourth-order valence-corrected chi connectivity index (χ4v) is 10.2. The summed E-state index contributed by atoms with van der Waals surface area (Å²) in [6.45, 7) is 13.0. The largest absolute Gasteiger partial charge is 0.508 e. The number of hydrogen-bond acceptors (Lipinski definition) is 10. The van der Waals surface area contributed by atoms with Crippen LogP contribution in [0.3, 0.4) is 0 Å². The smallest absolute Gasteiger partial charge is 0.324 e. The number of nitrogens with zero attached hydrogens (tertiary/aromatic N) is 5. The monoisotopic (exact) mass is 903 g/mol. The maximum absolute atomic E-state index is 14.7. The molecule has 4 aliphatic rings. The van der Waals surface area contributed by atoms with Gasteiger partial charge in [-0.25, -0.2) is 5.43 Å². The fraction of sp³-hybridized carbons (Fsp3) is 0.529. The molecule has 5 heterocycles. The lowest BCUT2D eigenvalue weighted by Crippen LogP contribution is -2.62. The van der Waals surface area contributed by atoms with Crippen LogP contribution in [0.2, 0.25) is 0 Å². The van der Waals surface area contributed by atoms with Crippen molar-refractivity contribution < 1.29 is 33.8 Å². The number of hydrogen-bond donors (Lipinski definition) is 4. The molecule has 15 heteroatoms. The van der Waals surface area contributed by atoms with Crippen molar-refractivity contribution in [2.75, 3.05) is 33.8 Å². The summed E-state index contributed by atoms with van der Waals surface area (Å²) in [6.07, 6.45) is 8.33. The van der Waals surface area contributed by atoms with Gasteiger partial charge >= 0.3 is 5.97 Å². The van der Waals surface area contributed by atoms with E-state index in [1.54, 1.807) is 26.2 Å². The molecule has 2 aromatic carbocycles. The highest BCUT2D eigenvalue weighted by atomic mass is 16.5. The van der Waals surface area contributed by atoms with E-state index in [0.29, 0.717) is 37.3 Å². The number of pyridine rings is 1. The molecule has 4 aromatic rings. The molecule has 4 N–H and O–H groups in total. The van der Waals surface area contributed by atoms with Gasteiger partial charge in [0.15, 0.2) is 0 Å². The molecule has 66 heavy (non-hydrogen) atoms. The second kappa shape index (κ2) is 18.8. The summed E-state index contributed by atoms with van der Waals surface area (Å²) < 4.78 is 8.42. The van der Waals surface area contributed by atoms with Crippen molar-refractivity contribution in [1.82, 2.24) is 40.4 Å². The molecule has 0 unspecified atom stereocenters. The first kappa shape index (κ1) is 46.7. The highest BCUT2D eigenvalue weighted by Crippen LogP contribution is 2.42. The van der Waals surface area contributed by atoms with E-state index in [0.717, 1.165) is 58.1 Å². The third-order valence-electron chi connectivity index (χ3n) is 13.9. The summed E-state index contributed by atoms with van der Waals surface area (Å²) >= 11 is 0. The number of phenols is 1. The maximum atomic E-state index is 14.7. The molecule has 2 aromatic heterocycles. The Morgan fingerprint density at radius 3 is 2.52 bits per heavy atom. The number of carbonyl (C=O) groups is 5. The Balaban J connectivity index is 1.15. The van der Waals surface area contributed by atoms with E-state index < -0.39 is 47.2 Å². The predicted molar refractivity (Wildman–Crippen MR) is 252 cm³/mol. The first-order valence-electron chi connectivity index (χ1n) is 23.7. The van der Waals surface area contributed by atoms with Crippen LogP contribution in [0.5, 0.6) is 5.75 Å². The van der Waals surface area contributed by atoms with Gasteiger partial charge in [-0.3, -0.25) is 39.3 Å². The number of benzene rings is 2. The number of aromatic nitrogens is 2. The third kappa shape index (κ3) is 9.69. The molecular formula is C51H66N8O7. The number of cyclic esters (lactones) is 1. The van der Waals surface area contributed by atoms with Crippen molar-refractivity contribution >= 4 is 40.5 Å². The Kier molecular flexibility index (Phi) is 13.3. The minimum absolute atomic E-state index is 0.00143. The van der Waals surface area contributed by atoms with Crippen molar-refractivity contribution in [3.05, 3.63) is 71.5 Å². The van der Waals surface area contributed by atoms with E-state index in [2.05, 4.69) is 71.5 Å². The molecule has 1 aliphatic carbocycles. The van der Waals surface area contributed by atoms with Crippen LogP contribution < -0.4 is 16.1 Å². The standard InChI is InChI=1S/C51H66N8O7/c1-9-31-17-18-52-26-38(31)46-37-25-51(5,6)28-66-50(65)39-12-11-19-59(55-39)48(63)40(22-30-20-34(23-35(60)21-30)33-15-16-41(36(37)24-33)58(46)10-2)53-47(62)45(29(3)4)57(8)42(61)27-56(7)49(64)44-43(54-44)32-13-14-32/h15-18,20-21,23-24,26,29,32,39-40,43-45,54-55,60H,9-14,19,22,25,27-28H2,1-8H3,(H,53,62)/t39-,40-,43-,44+,45-/m0/s1. The number of nitrogens with one attached hydrogen (secondary N) is 3. The van der Waals surface area contributed by atoms with E-state index in [9.17, 15) is 29.1 Å². The number of aryl methyl sites for hydroxylation is 2. The zero-order valence-corrected chi connectivity index (χ0v) is 39.6. The van der Waals surface area contributed by atoms with E-state index in [1.807, 2.05) is 38.4 Å². The zero-order valence-electron chi connectivity index (χ0n) is 39.6. The van der Waals surface area contributed by atoms with Crippen LogP contribution in [0.15, 0.2) is 54.9 Å². The Morgan fingerprint density at radius 1 is 1.03 bits per heavy atom. The topological polar surface area (TPSA) is 188 Å². The highest BCUT2D eigenvalue weighted by Gasteiger charge is 2.52. The van der Waals surface area contributed by atoms with Crippen LogP contribution in [0.25, 0.3) is 33.3 Å². The molecule has 3 aliphatic heterocycles. The van der Waals surface area contributed by atoms with Crippen LogP contribution in [0.4, 0.5) is 0 Å². The molecular weight excluding hydrogens is 837 g/mol. The average molecular weight is 903 g/mol. The third-order valence-corrected chi connectivity index (χ3v) is 13.9. The van der Waals surface area contributed by atoms with Gasteiger partial charge in [0.2, 0.25) is 17.7 Å². The van der Waals surface area contributed by atoms with E-state index >= 15 is 0 Å². The lowest BCUT2D eigenvalue weighted by molar-refractivity contribution is -0.155. The molecule has 3 fully saturated rings. The first-order chi connectivity index (χ1) is 31.5.